The van der Waals surface area contributed by atoms with Gasteiger partial charge in [-0.2, -0.15) is 0 Å². The van der Waals surface area contributed by atoms with Crippen LogP contribution in [0.1, 0.15) is 12.5 Å². The molecule has 0 atom stereocenters. The highest BCUT2D eigenvalue weighted by atomic mass is 35.5. The molecular formula is C9H8Cl2O. The van der Waals surface area contributed by atoms with Crippen LogP contribution in [0.2, 0.25) is 10.0 Å². The van der Waals surface area contributed by atoms with Crippen LogP contribution in [0.3, 0.4) is 0 Å². The van der Waals surface area contributed by atoms with E-state index in [1.807, 2.05) is 13.0 Å². The zero-order valence-corrected chi connectivity index (χ0v) is 8.02. The second kappa shape index (κ2) is 3.83. The van der Waals surface area contributed by atoms with Gasteiger partial charge in [-0.15, -0.1) is 0 Å². The quantitative estimate of drug-likeness (QED) is 0.737. The molecule has 0 spiro atoms. The summed E-state index contributed by atoms with van der Waals surface area (Å²) < 4.78 is 0. The zero-order valence-electron chi connectivity index (χ0n) is 6.51. The Balaban J connectivity index is 3.26. The molecule has 0 aliphatic rings. The highest BCUT2D eigenvalue weighted by molar-refractivity contribution is 6.43. The minimum atomic E-state index is 0.0299. The second-order valence-corrected chi connectivity index (χ2v) is 3.08. The first kappa shape index (κ1) is 9.43. The fourth-order valence-electron chi connectivity index (χ4n) is 0.869. The molecule has 0 aromatic heterocycles. The third-order valence-electron chi connectivity index (χ3n) is 1.45. The van der Waals surface area contributed by atoms with Gasteiger partial charge in [0.25, 0.3) is 0 Å². The number of allylic oxidation sites excluding steroid dienone is 1. The van der Waals surface area contributed by atoms with E-state index >= 15 is 0 Å². The summed E-state index contributed by atoms with van der Waals surface area (Å²) in [5, 5.41) is 10.0. The molecule has 1 nitrogen and oxygen atoms in total. The van der Waals surface area contributed by atoms with E-state index < -0.39 is 0 Å². The molecule has 64 valence electrons. The molecule has 0 saturated carbocycles. The van der Waals surface area contributed by atoms with E-state index in [0.717, 1.165) is 0 Å². The SMILES string of the molecule is C/C=C/c1ccc(Cl)c(Cl)c1O. The molecule has 0 amide bonds. The highest BCUT2D eigenvalue weighted by Gasteiger charge is 2.06. The van der Waals surface area contributed by atoms with Crippen molar-refractivity contribution in [3.8, 4) is 5.75 Å². The van der Waals surface area contributed by atoms with E-state index in [-0.39, 0.29) is 10.8 Å². The lowest BCUT2D eigenvalue weighted by Crippen LogP contribution is -1.77. The molecule has 0 unspecified atom stereocenters. The average Bonchev–Trinajstić information content (AvgIpc) is 2.07. The van der Waals surface area contributed by atoms with Crippen LogP contribution in [0, 0.1) is 0 Å². The normalized spacial score (nSPS) is 10.9. The predicted molar refractivity (Wildman–Crippen MR) is 52.8 cm³/mol. The molecule has 0 radical (unpaired) electrons. The van der Waals surface area contributed by atoms with Crippen LogP contribution in [-0.4, -0.2) is 5.11 Å². The molecule has 0 fully saturated rings. The minimum Gasteiger partial charge on any atom is -0.506 e. The molecule has 12 heavy (non-hydrogen) atoms. The lowest BCUT2D eigenvalue weighted by atomic mass is 10.2. The third-order valence-corrected chi connectivity index (χ3v) is 2.24. The van der Waals surface area contributed by atoms with Crippen molar-refractivity contribution in [2.24, 2.45) is 0 Å². The fraction of sp³-hybridized carbons (Fsp3) is 0.111. The van der Waals surface area contributed by atoms with Crippen molar-refractivity contribution in [2.75, 3.05) is 0 Å². The van der Waals surface area contributed by atoms with E-state index in [0.29, 0.717) is 10.6 Å². The maximum atomic E-state index is 9.44. The number of benzene rings is 1. The summed E-state index contributed by atoms with van der Waals surface area (Å²) in [6.45, 7) is 1.86. The summed E-state index contributed by atoms with van der Waals surface area (Å²) in [4.78, 5) is 0. The Kier molecular flexibility index (Phi) is 3.01. The van der Waals surface area contributed by atoms with Crippen molar-refractivity contribution in [1.82, 2.24) is 0 Å². The molecule has 1 aromatic carbocycles. The van der Waals surface area contributed by atoms with Crippen molar-refractivity contribution in [2.45, 2.75) is 6.92 Å². The van der Waals surface area contributed by atoms with Crippen molar-refractivity contribution in [3.63, 3.8) is 0 Å². The Morgan fingerprint density at radius 2 is 2.00 bits per heavy atom. The summed E-state index contributed by atoms with van der Waals surface area (Å²) in [5.74, 6) is 0.0299. The van der Waals surface area contributed by atoms with Gasteiger partial charge in [-0.1, -0.05) is 35.4 Å². The van der Waals surface area contributed by atoms with Crippen LogP contribution in [0.25, 0.3) is 6.08 Å². The fourth-order valence-corrected chi connectivity index (χ4v) is 1.19. The molecule has 0 saturated heterocycles. The van der Waals surface area contributed by atoms with Crippen LogP contribution in [0.4, 0.5) is 0 Å². The lowest BCUT2D eigenvalue weighted by Gasteiger charge is -2.02. The van der Waals surface area contributed by atoms with E-state index in [9.17, 15) is 5.11 Å². The molecule has 1 rings (SSSR count). The number of rotatable bonds is 1. The minimum absolute atomic E-state index is 0.0299. The summed E-state index contributed by atoms with van der Waals surface area (Å²) in [6, 6.07) is 3.36. The second-order valence-electron chi connectivity index (χ2n) is 2.30. The van der Waals surface area contributed by atoms with Gasteiger partial charge in [0.15, 0.2) is 0 Å². The van der Waals surface area contributed by atoms with Gasteiger partial charge in [-0.05, 0) is 19.1 Å². The van der Waals surface area contributed by atoms with Gasteiger partial charge in [-0.25, -0.2) is 0 Å². The Labute approximate surface area is 81.2 Å². The van der Waals surface area contributed by atoms with Gasteiger partial charge in [0.05, 0.1) is 5.02 Å². The van der Waals surface area contributed by atoms with Crippen molar-refractivity contribution < 1.29 is 5.11 Å². The first-order valence-electron chi connectivity index (χ1n) is 3.46. The maximum absolute atomic E-state index is 9.44. The van der Waals surface area contributed by atoms with Crippen LogP contribution in [0.5, 0.6) is 5.75 Å². The topological polar surface area (TPSA) is 20.2 Å². The van der Waals surface area contributed by atoms with Crippen LogP contribution in [0.15, 0.2) is 18.2 Å². The Hall–Kier alpha value is -0.660. The summed E-state index contributed by atoms with van der Waals surface area (Å²) >= 11 is 11.4. The number of halogens is 2. The average molecular weight is 203 g/mol. The van der Waals surface area contributed by atoms with Gasteiger partial charge >= 0.3 is 0 Å². The summed E-state index contributed by atoms with van der Waals surface area (Å²) in [7, 11) is 0. The van der Waals surface area contributed by atoms with Gasteiger partial charge in [-0.3, -0.25) is 0 Å². The smallest absolute Gasteiger partial charge is 0.142 e. The number of hydrogen-bond acceptors (Lipinski definition) is 1. The van der Waals surface area contributed by atoms with Crippen LogP contribution >= 0.6 is 23.2 Å². The first-order chi connectivity index (χ1) is 5.66. The number of hydrogen-bond donors (Lipinski definition) is 1. The number of phenolic OH excluding ortho intramolecular Hbond substituents is 1. The highest BCUT2D eigenvalue weighted by Crippen LogP contribution is 2.34. The molecule has 3 heteroatoms. The third kappa shape index (κ3) is 1.74. The molecule has 0 aliphatic heterocycles. The van der Waals surface area contributed by atoms with E-state index in [2.05, 4.69) is 0 Å². The Morgan fingerprint density at radius 3 is 2.58 bits per heavy atom. The first-order valence-corrected chi connectivity index (χ1v) is 4.22. The monoisotopic (exact) mass is 202 g/mol. The molecule has 0 heterocycles. The van der Waals surface area contributed by atoms with Gasteiger partial charge < -0.3 is 5.11 Å². The van der Waals surface area contributed by atoms with Crippen molar-refractivity contribution in [3.05, 3.63) is 33.8 Å². The Morgan fingerprint density at radius 1 is 1.33 bits per heavy atom. The molecule has 0 bridgehead atoms. The number of aromatic hydroxyl groups is 1. The van der Waals surface area contributed by atoms with E-state index in [1.54, 1.807) is 18.2 Å². The number of phenols is 1. The molecule has 1 aromatic rings. The van der Waals surface area contributed by atoms with Gasteiger partial charge in [0, 0.05) is 5.56 Å². The summed E-state index contributed by atoms with van der Waals surface area (Å²) in [6.07, 6.45) is 3.58. The van der Waals surface area contributed by atoms with Crippen LogP contribution < -0.4 is 0 Å². The molecular weight excluding hydrogens is 195 g/mol. The van der Waals surface area contributed by atoms with Crippen molar-refractivity contribution in [1.29, 1.82) is 0 Å². The maximum Gasteiger partial charge on any atom is 0.142 e. The predicted octanol–water partition coefficient (Wildman–Crippen LogP) is 3.73. The van der Waals surface area contributed by atoms with E-state index in [4.69, 9.17) is 23.2 Å². The molecule has 1 N–H and O–H groups in total. The summed E-state index contributed by atoms with van der Waals surface area (Å²) in [5.41, 5.74) is 0.673. The molecule has 0 aliphatic carbocycles. The standard InChI is InChI=1S/C9H8Cl2O/c1-2-3-6-4-5-7(10)8(11)9(6)12/h2-5,12H,1H3/b3-2+. The Bertz CT molecular complexity index is 319. The lowest BCUT2D eigenvalue weighted by molar-refractivity contribution is 0.474. The van der Waals surface area contributed by atoms with E-state index in [1.165, 1.54) is 0 Å². The van der Waals surface area contributed by atoms with Gasteiger partial charge in [0.1, 0.15) is 10.8 Å². The largest absolute Gasteiger partial charge is 0.506 e. The zero-order chi connectivity index (χ0) is 9.14. The van der Waals surface area contributed by atoms with Gasteiger partial charge in [0.2, 0.25) is 0 Å². The van der Waals surface area contributed by atoms with Crippen LogP contribution in [-0.2, 0) is 0 Å². The van der Waals surface area contributed by atoms with Crippen molar-refractivity contribution >= 4 is 29.3 Å².